The molecule has 1 aliphatic heterocycles. The van der Waals surface area contributed by atoms with E-state index in [0.717, 1.165) is 0 Å². The lowest BCUT2D eigenvalue weighted by atomic mass is 9.98. The lowest BCUT2D eigenvalue weighted by molar-refractivity contribution is -0.143. The van der Waals surface area contributed by atoms with Crippen LogP contribution in [0.1, 0.15) is 106 Å². The van der Waals surface area contributed by atoms with Crippen LogP contribution < -0.4 is 65.5 Å². The Bertz CT molecular complexity index is 1700. The Kier molecular flexibility index (Phi) is 26.5. The Morgan fingerprint density at radius 1 is 0.621 bits per heavy atom. The summed E-state index contributed by atoms with van der Waals surface area (Å²) >= 11 is 0. The molecular formula is C42H76N14O10. The van der Waals surface area contributed by atoms with Crippen LogP contribution in [0.25, 0.3) is 0 Å². The number of hydrogen-bond acceptors (Lipinski definition) is 12. The molecule has 1 fully saturated rings. The average molecular weight is 937 g/mol. The van der Waals surface area contributed by atoms with Crippen LogP contribution in [0.4, 0.5) is 0 Å². The standard InChI is InChI=1S/C42H76N14O10/c1-23(2)18-29(37(62)50-22-34(60)52-27(13-10-16-47-42(45)46)36(61)49-21-33(59)48-20-32(44)58)54-40(65)31-14-11-17-56(31)41(66)35(25(5)6)55-39(64)30(19-24(3)4)53-38(63)28(51-26(7)57)12-8-9-15-43/h23-25,27-31,35H,8-22,43H2,1-7H3,(H2,44,58)(H,48,59)(H,49,61)(H,50,62)(H,51,57)(H,52,60)(H,53,63)(H,54,65)(H,55,64)(H4,45,46,47)/t27-,28-,29-,30-,31-,35-/m0/s1. The van der Waals surface area contributed by atoms with Gasteiger partial charge in [-0.1, -0.05) is 41.5 Å². The molecule has 24 heteroatoms. The Balaban J connectivity index is 3.12. The number of carbonyl (C=O) groups is 10. The highest BCUT2D eigenvalue weighted by molar-refractivity contribution is 5.97. The minimum Gasteiger partial charge on any atom is -0.370 e. The molecule has 0 aromatic heterocycles. The van der Waals surface area contributed by atoms with E-state index in [0.29, 0.717) is 32.2 Å². The van der Waals surface area contributed by atoms with Crippen LogP contribution in [0.3, 0.4) is 0 Å². The van der Waals surface area contributed by atoms with Crippen molar-refractivity contribution >= 4 is 65.0 Å². The molecule has 24 nitrogen and oxygen atoms in total. The van der Waals surface area contributed by atoms with Crippen LogP contribution in [0.2, 0.25) is 0 Å². The van der Waals surface area contributed by atoms with Gasteiger partial charge in [0.1, 0.15) is 36.3 Å². The molecule has 1 heterocycles. The van der Waals surface area contributed by atoms with Gasteiger partial charge in [-0.3, -0.25) is 52.9 Å². The third-order valence-electron chi connectivity index (χ3n) is 10.3. The molecule has 0 radical (unpaired) electrons. The summed E-state index contributed by atoms with van der Waals surface area (Å²) in [5.74, 6) is -7.13. The van der Waals surface area contributed by atoms with Crippen molar-refractivity contribution in [3.05, 3.63) is 0 Å². The van der Waals surface area contributed by atoms with Crippen molar-refractivity contribution in [2.24, 2.45) is 45.7 Å². The first-order chi connectivity index (χ1) is 31.0. The maximum absolute atomic E-state index is 14.2. The number of amides is 10. The maximum Gasteiger partial charge on any atom is 0.246 e. The molecule has 0 aromatic rings. The van der Waals surface area contributed by atoms with Gasteiger partial charge in [0.05, 0.1) is 19.6 Å². The van der Waals surface area contributed by atoms with Crippen LogP contribution >= 0.6 is 0 Å². The molecule has 0 spiro atoms. The normalized spacial score (nSPS) is 15.6. The van der Waals surface area contributed by atoms with Crippen molar-refractivity contribution in [3.63, 3.8) is 0 Å². The molecule has 66 heavy (non-hydrogen) atoms. The first-order valence-electron chi connectivity index (χ1n) is 22.6. The van der Waals surface area contributed by atoms with Gasteiger partial charge in [0, 0.05) is 20.0 Å². The summed E-state index contributed by atoms with van der Waals surface area (Å²) in [7, 11) is 0. The van der Waals surface area contributed by atoms with Crippen LogP contribution in [-0.2, 0) is 47.9 Å². The second kappa shape index (κ2) is 30.2. The molecule has 0 saturated carbocycles. The molecule has 0 aliphatic carbocycles. The van der Waals surface area contributed by atoms with E-state index in [9.17, 15) is 47.9 Å². The molecule has 1 saturated heterocycles. The number of carbonyl (C=O) groups excluding carboxylic acids is 10. The van der Waals surface area contributed by atoms with Gasteiger partial charge >= 0.3 is 0 Å². The third kappa shape index (κ3) is 22.7. The van der Waals surface area contributed by atoms with E-state index < -0.39 is 121 Å². The fourth-order valence-corrected chi connectivity index (χ4v) is 7.05. The summed E-state index contributed by atoms with van der Waals surface area (Å²) in [6.07, 6.45) is 2.95. The van der Waals surface area contributed by atoms with E-state index in [1.165, 1.54) is 11.8 Å². The highest BCUT2D eigenvalue weighted by atomic mass is 16.2. The lowest BCUT2D eigenvalue weighted by Gasteiger charge is -2.32. The summed E-state index contributed by atoms with van der Waals surface area (Å²) < 4.78 is 0. The van der Waals surface area contributed by atoms with Crippen LogP contribution in [0, 0.1) is 17.8 Å². The fraction of sp³-hybridized carbons (Fsp3) is 0.738. The van der Waals surface area contributed by atoms with Gasteiger partial charge in [0.15, 0.2) is 5.96 Å². The maximum atomic E-state index is 14.2. The second-order valence-electron chi connectivity index (χ2n) is 17.6. The molecule has 0 bridgehead atoms. The Morgan fingerprint density at radius 3 is 1.71 bits per heavy atom. The number of guanidine groups is 1. The van der Waals surface area contributed by atoms with E-state index >= 15 is 0 Å². The number of aliphatic imine (C=N–C) groups is 1. The summed E-state index contributed by atoms with van der Waals surface area (Å²) in [6.45, 7) is 11.4. The van der Waals surface area contributed by atoms with E-state index in [1.807, 2.05) is 27.7 Å². The first kappa shape index (κ1) is 57.9. The molecule has 6 atom stereocenters. The van der Waals surface area contributed by atoms with Gasteiger partial charge < -0.3 is 70.4 Å². The van der Waals surface area contributed by atoms with Crippen molar-refractivity contribution in [2.45, 2.75) is 143 Å². The van der Waals surface area contributed by atoms with Gasteiger partial charge in [-0.15, -0.1) is 0 Å². The Labute approximate surface area is 387 Å². The quantitative estimate of drug-likeness (QED) is 0.0187. The van der Waals surface area contributed by atoms with E-state index in [1.54, 1.807) is 13.8 Å². The molecule has 16 N–H and O–H groups in total. The number of primary amides is 1. The number of hydrogen-bond donors (Lipinski definition) is 12. The zero-order valence-electron chi connectivity index (χ0n) is 39.6. The van der Waals surface area contributed by atoms with Crippen molar-refractivity contribution in [3.8, 4) is 0 Å². The zero-order valence-corrected chi connectivity index (χ0v) is 39.6. The number of nitrogens with zero attached hydrogens (tertiary/aromatic N) is 2. The second-order valence-corrected chi connectivity index (χ2v) is 17.6. The molecule has 0 unspecified atom stereocenters. The number of nitrogens with one attached hydrogen (secondary N) is 8. The predicted molar refractivity (Wildman–Crippen MR) is 245 cm³/mol. The molecule has 0 aromatic carbocycles. The Morgan fingerprint density at radius 2 is 1.17 bits per heavy atom. The van der Waals surface area contributed by atoms with Gasteiger partial charge in [-0.05, 0) is 82.1 Å². The summed E-state index contributed by atoms with van der Waals surface area (Å²) in [6, 6.07) is -6.31. The largest absolute Gasteiger partial charge is 0.370 e. The highest BCUT2D eigenvalue weighted by Gasteiger charge is 2.41. The fourth-order valence-electron chi connectivity index (χ4n) is 7.05. The predicted octanol–water partition coefficient (Wildman–Crippen LogP) is -3.81. The Hall–Kier alpha value is -6.07. The number of unbranched alkanes of at least 4 members (excludes halogenated alkanes) is 1. The first-order valence-corrected chi connectivity index (χ1v) is 22.6. The summed E-state index contributed by atoms with van der Waals surface area (Å²) in [5.41, 5.74) is 21.4. The van der Waals surface area contributed by atoms with E-state index in [4.69, 9.17) is 22.9 Å². The topological polar surface area (TPSA) is 387 Å². The van der Waals surface area contributed by atoms with Gasteiger partial charge in [-0.2, -0.15) is 0 Å². The van der Waals surface area contributed by atoms with Gasteiger partial charge in [0.2, 0.25) is 59.1 Å². The highest BCUT2D eigenvalue weighted by Crippen LogP contribution is 2.22. The monoisotopic (exact) mass is 937 g/mol. The summed E-state index contributed by atoms with van der Waals surface area (Å²) in [5, 5.41) is 20.6. The van der Waals surface area contributed by atoms with Crippen LogP contribution in [0.15, 0.2) is 4.99 Å². The number of likely N-dealkylation sites (tertiary alicyclic amines) is 1. The van der Waals surface area contributed by atoms with Crippen molar-refractivity contribution in [2.75, 3.05) is 39.3 Å². The SMILES string of the molecule is CC(=O)N[C@@H](CCCCN)C(=O)N[C@@H](CC(C)C)C(=O)N[C@H](C(=O)N1CCC[C@H]1C(=O)N[C@@H](CC(C)C)C(=O)NCC(=O)N[C@@H](CCCN=C(N)N)C(=O)NCC(=O)NCC(N)=O)C(C)C. The smallest absolute Gasteiger partial charge is 0.246 e. The van der Waals surface area contributed by atoms with Crippen molar-refractivity contribution in [1.29, 1.82) is 0 Å². The van der Waals surface area contributed by atoms with Crippen LogP contribution in [0.5, 0.6) is 0 Å². The van der Waals surface area contributed by atoms with Crippen LogP contribution in [-0.4, -0.2) is 145 Å². The summed E-state index contributed by atoms with van der Waals surface area (Å²) in [4.78, 5) is 135. The van der Waals surface area contributed by atoms with Crippen molar-refractivity contribution < 1.29 is 47.9 Å². The molecule has 374 valence electrons. The number of nitrogens with two attached hydrogens (primary N) is 4. The third-order valence-corrected chi connectivity index (χ3v) is 10.3. The average Bonchev–Trinajstić information content (AvgIpc) is 3.73. The molecule has 1 aliphatic rings. The van der Waals surface area contributed by atoms with Gasteiger partial charge in [0.25, 0.3) is 0 Å². The zero-order chi connectivity index (χ0) is 50.1. The number of rotatable bonds is 30. The van der Waals surface area contributed by atoms with Gasteiger partial charge in [-0.25, -0.2) is 0 Å². The molecular weight excluding hydrogens is 861 g/mol. The van der Waals surface area contributed by atoms with E-state index in [2.05, 4.69) is 47.5 Å². The molecule has 10 amide bonds. The lowest BCUT2D eigenvalue weighted by Crippen LogP contribution is -2.60. The minimum atomic E-state index is -1.18. The molecule has 1 rings (SSSR count). The minimum absolute atomic E-state index is 0.0394. The van der Waals surface area contributed by atoms with Crippen molar-refractivity contribution in [1.82, 2.24) is 47.4 Å². The van der Waals surface area contributed by atoms with E-state index in [-0.39, 0.29) is 63.0 Å².